The third kappa shape index (κ3) is 6.11. The lowest BCUT2D eigenvalue weighted by molar-refractivity contribution is 0.248. The zero-order valence-electron chi connectivity index (χ0n) is 19.9. The van der Waals surface area contributed by atoms with Crippen molar-refractivity contribution in [1.29, 1.82) is 0 Å². The molecule has 0 spiro atoms. The molecule has 0 N–H and O–H groups in total. The molecule has 0 atom stereocenters. The van der Waals surface area contributed by atoms with Gasteiger partial charge in [-0.25, -0.2) is 13.2 Å². The van der Waals surface area contributed by atoms with Crippen LogP contribution in [0.2, 0.25) is 0 Å². The van der Waals surface area contributed by atoms with Gasteiger partial charge in [0, 0.05) is 0 Å². The fraction of sp³-hybridized carbons (Fsp3) is 0.533. The number of rotatable bonds is 9. The van der Waals surface area contributed by atoms with Crippen LogP contribution in [0, 0.1) is 29.3 Å². The molecular formula is C30H37F3. The second-order valence-corrected chi connectivity index (χ2v) is 10.2. The predicted molar refractivity (Wildman–Crippen MR) is 131 cm³/mol. The first-order chi connectivity index (χ1) is 16.0. The van der Waals surface area contributed by atoms with Crippen molar-refractivity contribution in [2.75, 3.05) is 0 Å². The first-order valence-corrected chi connectivity index (χ1v) is 13.0. The van der Waals surface area contributed by atoms with Gasteiger partial charge >= 0.3 is 0 Å². The van der Waals surface area contributed by atoms with Crippen molar-refractivity contribution in [1.82, 2.24) is 0 Å². The summed E-state index contributed by atoms with van der Waals surface area (Å²) in [7, 11) is 0. The largest absolute Gasteiger partial charge is 0.207 e. The lowest BCUT2D eigenvalue weighted by atomic mass is 9.77. The van der Waals surface area contributed by atoms with Crippen LogP contribution in [0.4, 0.5) is 13.2 Å². The third-order valence-electron chi connectivity index (χ3n) is 7.86. The van der Waals surface area contributed by atoms with Crippen LogP contribution in [-0.2, 0) is 12.8 Å². The number of hydrogen-bond donors (Lipinski definition) is 0. The summed E-state index contributed by atoms with van der Waals surface area (Å²) in [6.07, 6.45) is 17.8. The van der Waals surface area contributed by atoms with Crippen LogP contribution in [0.5, 0.6) is 0 Å². The Labute approximate surface area is 197 Å². The normalized spacial score (nSPS) is 20.4. The van der Waals surface area contributed by atoms with E-state index in [0.717, 1.165) is 23.8 Å². The average Bonchev–Trinajstić information content (AvgIpc) is 2.82. The Balaban J connectivity index is 1.30. The summed E-state index contributed by atoms with van der Waals surface area (Å²) in [5.74, 6) is 0.264. The number of hydrogen-bond acceptors (Lipinski definition) is 0. The molecule has 0 saturated heterocycles. The maximum Gasteiger partial charge on any atom is 0.137 e. The van der Waals surface area contributed by atoms with E-state index in [1.807, 2.05) is 0 Å². The van der Waals surface area contributed by atoms with Crippen molar-refractivity contribution < 1.29 is 13.2 Å². The molecule has 0 heterocycles. The van der Waals surface area contributed by atoms with Crippen LogP contribution in [0.15, 0.2) is 42.0 Å². The number of allylic oxidation sites excluding steroid dienone is 2. The lowest BCUT2D eigenvalue weighted by Crippen LogP contribution is -2.15. The molecule has 0 amide bonds. The van der Waals surface area contributed by atoms with Crippen molar-refractivity contribution in [2.24, 2.45) is 11.8 Å². The molecule has 2 aromatic carbocycles. The predicted octanol–water partition coefficient (Wildman–Crippen LogP) is 9.35. The number of halogens is 3. The Morgan fingerprint density at radius 3 is 2.24 bits per heavy atom. The van der Waals surface area contributed by atoms with E-state index in [1.165, 1.54) is 100 Å². The minimum atomic E-state index is -0.559. The summed E-state index contributed by atoms with van der Waals surface area (Å²) in [5.41, 5.74) is 3.01. The summed E-state index contributed by atoms with van der Waals surface area (Å²) in [5, 5.41) is 0. The quantitative estimate of drug-likeness (QED) is 0.261. The molecule has 0 radical (unpaired) electrons. The van der Waals surface area contributed by atoms with Gasteiger partial charge in [0.1, 0.15) is 17.5 Å². The highest BCUT2D eigenvalue weighted by Crippen LogP contribution is 2.37. The van der Waals surface area contributed by atoms with Crippen LogP contribution in [0.1, 0.15) is 88.7 Å². The lowest BCUT2D eigenvalue weighted by Gasteiger charge is -2.29. The molecule has 33 heavy (non-hydrogen) atoms. The highest BCUT2D eigenvalue weighted by molar-refractivity contribution is 5.67. The summed E-state index contributed by atoms with van der Waals surface area (Å²) < 4.78 is 43.3. The maximum atomic E-state index is 15.2. The Morgan fingerprint density at radius 2 is 1.55 bits per heavy atom. The van der Waals surface area contributed by atoms with Crippen LogP contribution in [0.3, 0.4) is 0 Å². The fourth-order valence-electron chi connectivity index (χ4n) is 5.78. The molecule has 2 aliphatic carbocycles. The first kappa shape index (κ1) is 24.1. The Kier molecular flexibility index (Phi) is 8.33. The van der Waals surface area contributed by atoms with E-state index < -0.39 is 17.5 Å². The molecule has 0 aromatic heterocycles. The molecule has 0 bridgehead atoms. The number of benzene rings is 2. The molecule has 2 aliphatic rings. The van der Waals surface area contributed by atoms with Crippen LogP contribution in [0.25, 0.3) is 11.1 Å². The molecule has 3 heteroatoms. The molecule has 2 aromatic rings. The highest BCUT2D eigenvalue weighted by Gasteiger charge is 2.24. The minimum Gasteiger partial charge on any atom is -0.207 e. The van der Waals surface area contributed by atoms with E-state index in [0.29, 0.717) is 24.0 Å². The van der Waals surface area contributed by atoms with Crippen molar-refractivity contribution in [3.8, 4) is 11.1 Å². The van der Waals surface area contributed by atoms with E-state index in [2.05, 4.69) is 13.0 Å². The average molecular weight is 455 g/mol. The maximum absolute atomic E-state index is 15.2. The summed E-state index contributed by atoms with van der Waals surface area (Å²) in [6.45, 7) is 2.27. The van der Waals surface area contributed by atoms with Gasteiger partial charge in [0.15, 0.2) is 0 Å². The molecule has 0 aliphatic heterocycles. The Bertz CT molecular complexity index is 949. The van der Waals surface area contributed by atoms with Gasteiger partial charge in [-0.3, -0.25) is 0 Å². The topological polar surface area (TPSA) is 0 Å². The van der Waals surface area contributed by atoms with Gasteiger partial charge in [-0.2, -0.15) is 0 Å². The summed E-state index contributed by atoms with van der Waals surface area (Å²) in [6, 6.07) is 6.85. The second-order valence-electron chi connectivity index (χ2n) is 10.2. The number of fused-ring (bicyclic) bond motifs is 1. The van der Waals surface area contributed by atoms with E-state index in [9.17, 15) is 8.78 Å². The van der Waals surface area contributed by atoms with E-state index in [1.54, 1.807) is 0 Å². The third-order valence-corrected chi connectivity index (χ3v) is 7.86. The molecule has 4 rings (SSSR count). The van der Waals surface area contributed by atoms with Gasteiger partial charge < -0.3 is 0 Å². The van der Waals surface area contributed by atoms with Gasteiger partial charge in [-0.1, -0.05) is 88.5 Å². The van der Waals surface area contributed by atoms with Crippen molar-refractivity contribution in [3.05, 3.63) is 70.6 Å². The SMILES string of the molecule is CCCCCCC1CCC(CCC2=CCc3c(cc(F)c(-c4ccc(F)cc4)c3F)C2)CC1. The number of unbranched alkanes of at least 4 members (excludes halogenated alkanes) is 3. The molecular weight excluding hydrogens is 417 g/mol. The summed E-state index contributed by atoms with van der Waals surface area (Å²) >= 11 is 0. The van der Waals surface area contributed by atoms with Gasteiger partial charge in [0.2, 0.25) is 0 Å². The zero-order chi connectivity index (χ0) is 23.2. The second kappa shape index (κ2) is 11.4. The van der Waals surface area contributed by atoms with Gasteiger partial charge in [-0.15, -0.1) is 0 Å². The van der Waals surface area contributed by atoms with Gasteiger partial charge in [-0.05, 0) is 72.4 Å². The molecule has 1 saturated carbocycles. The Morgan fingerprint density at radius 1 is 0.848 bits per heavy atom. The van der Waals surface area contributed by atoms with E-state index >= 15 is 4.39 Å². The highest BCUT2D eigenvalue weighted by atomic mass is 19.1. The van der Waals surface area contributed by atoms with Crippen LogP contribution in [-0.4, -0.2) is 0 Å². The first-order valence-electron chi connectivity index (χ1n) is 13.0. The van der Waals surface area contributed by atoms with E-state index in [-0.39, 0.29) is 5.56 Å². The van der Waals surface area contributed by atoms with Crippen molar-refractivity contribution in [3.63, 3.8) is 0 Å². The molecule has 178 valence electrons. The molecule has 0 unspecified atom stereocenters. The van der Waals surface area contributed by atoms with Crippen molar-refractivity contribution in [2.45, 2.75) is 90.4 Å². The van der Waals surface area contributed by atoms with E-state index in [4.69, 9.17) is 0 Å². The smallest absolute Gasteiger partial charge is 0.137 e. The van der Waals surface area contributed by atoms with Gasteiger partial charge in [0.05, 0.1) is 5.56 Å². The minimum absolute atomic E-state index is 0.0444. The monoisotopic (exact) mass is 454 g/mol. The van der Waals surface area contributed by atoms with Crippen LogP contribution < -0.4 is 0 Å². The zero-order valence-corrected chi connectivity index (χ0v) is 19.9. The molecule has 0 nitrogen and oxygen atoms in total. The molecule has 1 fully saturated rings. The van der Waals surface area contributed by atoms with Gasteiger partial charge in [0.25, 0.3) is 0 Å². The van der Waals surface area contributed by atoms with Crippen LogP contribution >= 0.6 is 0 Å². The van der Waals surface area contributed by atoms with Crippen molar-refractivity contribution >= 4 is 0 Å². The standard InChI is InChI=1S/C30H37F3/c1-2-3-4-5-6-21-7-9-22(10-8-21)11-12-23-13-18-27-25(19-23)20-28(32)29(30(27)33)24-14-16-26(31)17-15-24/h13-17,20-22H,2-12,18-19H2,1H3. The summed E-state index contributed by atoms with van der Waals surface area (Å²) in [4.78, 5) is 0. The fourth-order valence-corrected chi connectivity index (χ4v) is 5.78. The Hall–Kier alpha value is -2.03.